The number of alkyl halides is 1. The van der Waals surface area contributed by atoms with E-state index in [-0.39, 0.29) is 12.5 Å². The Labute approximate surface area is 137 Å². The van der Waals surface area contributed by atoms with E-state index in [0.29, 0.717) is 0 Å². The van der Waals surface area contributed by atoms with Gasteiger partial charge in [0.1, 0.15) is 18.3 Å². The van der Waals surface area contributed by atoms with Crippen LogP contribution in [-0.2, 0) is 14.3 Å². The molecule has 0 unspecified atom stereocenters. The zero-order chi connectivity index (χ0) is 18.3. The SMILES string of the molecule is CC(C)C(=O)OC[C@H]1O[C@@H](n2ccc(=O)[nH]c2=O)[C@](C)(F)[C@@]1(C)O. The minimum absolute atomic E-state index is 0.363. The van der Waals surface area contributed by atoms with E-state index in [9.17, 15) is 19.5 Å². The summed E-state index contributed by atoms with van der Waals surface area (Å²) in [5.41, 5.74) is -5.90. The van der Waals surface area contributed by atoms with Crippen molar-refractivity contribution in [1.82, 2.24) is 9.55 Å². The Morgan fingerprint density at radius 3 is 2.67 bits per heavy atom. The fraction of sp³-hybridized carbons (Fsp3) is 0.667. The lowest BCUT2D eigenvalue weighted by molar-refractivity contribution is -0.157. The molecule has 1 aliphatic rings. The van der Waals surface area contributed by atoms with Crippen molar-refractivity contribution in [3.05, 3.63) is 33.1 Å². The lowest BCUT2D eigenvalue weighted by Gasteiger charge is -2.33. The molecule has 9 heteroatoms. The number of nitrogens with one attached hydrogen (secondary N) is 1. The smallest absolute Gasteiger partial charge is 0.330 e. The summed E-state index contributed by atoms with van der Waals surface area (Å²) in [5.74, 6) is -0.898. The van der Waals surface area contributed by atoms with Crippen LogP contribution >= 0.6 is 0 Å². The van der Waals surface area contributed by atoms with Gasteiger partial charge in [0.05, 0.1) is 5.92 Å². The number of H-pyrrole nitrogens is 1. The van der Waals surface area contributed by atoms with Crippen LogP contribution in [0.4, 0.5) is 4.39 Å². The van der Waals surface area contributed by atoms with Gasteiger partial charge >= 0.3 is 11.7 Å². The molecule has 2 rings (SSSR count). The topological polar surface area (TPSA) is 111 Å². The number of rotatable bonds is 4. The molecule has 134 valence electrons. The zero-order valence-electron chi connectivity index (χ0n) is 13.9. The van der Waals surface area contributed by atoms with Crippen LogP contribution in [0.5, 0.6) is 0 Å². The molecule has 0 saturated carbocycles. The quantitative estimate of drug-likeness (QED) is 0.750. The molecule has 24 heavy (non-hydrogen) atoms. The van der Waals surface area contributed by atoms with Gasteiger partial charge in [-0.25, -0.2) is 9.18 Å². The Balaban J connectivity index is 2.30. The normalized spacial score (nSPS) is 33.0. The van der Waals surface area contributed by atoms with E-state index in [1.54, 1.807) is 13.8 Å². The third-order valence-corrected chi connectivity index (χ3v) is 4.33. The highest BCUT2D eigenvalue weighted by Gasteiger charge is 2.63. The maximum absolute atomic E-state index is 15.2. The first-order valence-corrected chi connectivity index (χ1v) is 7.53. The highest BCUT2D eigenvalue weighted by atomic mass is 19.1. The van der Waals surface area contributed by atoms with Crippen molar-refractivity contribution in [2.75, 3.05) is 6.61 Å². The average molecular weight is 344 g/mol. The molecule has 1 aromatic heterocycles. The number of hydrogen-bond donors (Lipinski definition) is 2. The van der Waals surface area contributed by atoms with Gasteiger partial charge in [-0.15, -0.1) is 0 Å². The number of aromatic nitrogens is 2. The molecule has 1 fully saturated rings. The van der Waals surface area contributed by atoms with Crippen molar-refractivity contribution in [1.29, 1.82) is 0 Å². The second-order valence-corrected chi connectivity index (χ2v) is 6.50. The van der Waals surface area contributed by atoms with Crippen molar-refractivity contribution < 1.29 is 23.8 Å². The second-order valence-electron chi connectivity index (χ2n) is 6.50. The lowest BCUT2D eigenvalue weighted by Crippen LogP contribution is -2.53. The molecular weight excluding hydrogens is 323 g/mol. The standard InChI is InChI=1S/C15H21FN2O6/c1-8(2)11(20)23-7-9-15(4,22)14(3,16)12(24-9)18-6-5-10(19)17-13(18)21/h5-6,8-9,12,22H,7H2,1-4H3,(H,17,19,21)/t9-,12-,14+,15+/m1/s1. The molecule has 2 heterocycles. The molecule has 0 aromatic carbocycles. The fourth-order valence-electron chi connectivity index (χ4n) is 2.45. The Kier molecular flexibility index (Phi) is 4.69. The number of halogens is 1. The molecule has 2 N–H and O–H groups in total. The number of ether oxygens (including phenoxy) is 2. The van der Waals surface area contributed by atoms with E-state index in [1.165, 1.54) is 6.92 Å². The van der Waals surface area contributed by atoms with Crippen molar-refractivity contribution in [2.24, 2.45) is 5.92 Å². The molecule has 0 spiro atoms. The number of aliphatic hydroxyl groups is 1. The van der Waals surface area contributed by atoms with Crippen LogP contribution in [-0.4, -0.2) is 44.6 Å². The van der Waals surface area contributed by atoms with Crippen LogP contribution in [0.3, 0.4) is 0 Å². The van der Waals surface area contributed by atoms with Crippen LogP contribution in [0.15, 0.2) is 21.9 Å². The monoisotopic (exact) mass is 344 g/mol. The predicted octanol–water partition coefficient (Wildman–Crippen LogP) is 0.112. The molecule has 1 saturated heterocycles. The van der Waals surface area contributed by atoms with Gasteiger partial charge in [0, 0.05) is 12.3 Å². The minimum Gasteiger partial charge on any atom is -0.463 e. The van der Waals surface area contributed by atoms with Crippen molar-refractivity contribution in [3.8, 4) is 0 Å². The number of nitrogens with zero attached hydrogens (tertiary/aromatic N) is 1. The molecule has 1 aliphatic heterocycles. The van der Waals surface area contributed by atoms with Gasteiger partial charge < -0.3 is 14.6 Å². The Bertz CT molecular complexity index is 736. The number of aromatic amines is 1. The zero-order valence-corrected chi connectivity index (χ0v) is 13.9. The summed E-state index contributed by atoms with van der Waals surface area (Å²) in [6, 6.07) is 1.04. The van der Waals surface area contributed by atoms with Crippen molar-refractivity contribution in [3.63, 3.8) is 0 Å². The molecule has 0 amide bonds. The third kappa shape index (κ3) is 3.01. The first-order valence-electron chi connectivity index (χ1n) is 7.53. The van der Waals surface area contributed by atoms with Gasteiger partial charge in [-0.1, -0.05) is 13.8 Å². The molecule has 1 aromatic rings. The Hall–Kier alpha value is -2.00. The van der Waals surface area contributed by atoms with Gasteiger partial charge in [-0.2, -0.15) is 0 Å². The number of carbonyl (C=O) groups is 1. The van der Waals surface area contributed by atoms with E-state index in [0.717, 1.165) is 23.8 Å². The maximum atomic E-state index is 15.2. The number of carbonyl (C=O) groups excluding carboxylic acids is 1. The predicted molar refractivity (Wildman–Crippen MR) is 81.2 cm³/mol. The van der Waals surface area contributed by atoms with Crippen molar-refractivity contribution >= 4 is 5.97 Å². The van der Waals surface area contributed by atoms with E-state index < -0.39 is 40.8 Å². The van der Waals surface area contributed by atoms with Crippen LogP contribution in [0, 0.1) is 5.92 Å². The molecular formula is C15H21FN2O6. The largest absolute Gasteiger partial charge is 0.463 e. The fourth-order valence-corrected chi connectivity index (χ4v) is 2.45. The van der Waals surface area contributed by atoms with Gasteiger partial charge in [-0.05, 0) is 13.8 Å². The summed E-state index contributed by atoms with van der Waals surface area (Å²) < 4.78 is 26.5. The molecule has 4 atom stereocenters. The molecule has 0 radical (unpaired) electrons. The van der Waals surface area contributed by atoms with Gasteiger partial charge in [-0.3, -0.25) is 19.1 Å². The van der Waals surface area contributed by atoms with Crippen LogP contribution < -0.4 is 11.2 Å². The summed E-state index contributed by atoms with van der Waals surface area (Å²) in [5, 5.41) is 10.5. The summed E-state index contributed by atoms with van der Waals surface area (Å²) in [6.45, 7) is 5.20. The first-order chi connectivity index (χ1) is 11.0. The Morgan fingerprint density at radius 2 is 2.12 bits per heavy atom. The van der Waals surface area contributed by atoms with Crippen LogP contribution in [0.1, 0.15) is 33.9 Å². The minimum atomic E-state index is -2.37. The van der Waals surface area contributed by atoms with Gasteiger partial charge in [0.25, 0.3) is 5.56 Å². The van der Waals surface area contributed by atoms with E-state index in [4.69, 9.17) is 9.47 Å². The van der Waals surface area contributed by atoms with Crippen molar-refractivity contribution in [2.45, 2.75) is 51.3 Å². The third-order valence-electron chi connectivity index (χ3n) is 4.33. The highest BCUT2D eigenvalue weighted by Crippen LogP contribution is 2.47. The summed E-state index contributed by atoms with van der Waals surface area (Å²) in [4.78, 5) is 36.6. The van der Waals surface area contributed by atoms with Crippen LogP contribution in [0.2, 0.25) is 0 Å². The van der Waals surface area contributed by atoms with Gasteiger partial charge in [0.2, 0.25) is 0 Å². The summed E-state index contributed by atoms with van der Waals surface area (Å²) in [7, 11) is 0. The number of hydrogen-bond acceptors (Lipinski definition) is 6. The van der Waals surface area contributed by atoms with E-state index in [2.05, 4.69) is 0 Å². The summed E-state index contributed by atoms with van der Waals surface area (Å²) >= 11 is 0. The van der Waals surface area contributed by atoms with E-state index >= 15 is 4.39 Å². The maximum Gasteiger partial charge on any atom is 0.330 e. The van der Waals surface area contributed by atoms with Gasteiger partial charge in [0.15, 0.2) is 11.9 Å². The molecule has 8 nitrogen and oxygen atoms in total. The molecule has 0 aliphatic carbocycles. The highest BCUT2D eigenvalue weighted by molar-refractivity contribution is 5.71. The average Bonchev–Trinajstić information content (AvgIpc) is 2.63. The van der Waals surface area contributed by atoms with Crippen LogP contribution in [0.25, 0.3) is 0 Å². The second kappa shape index (κ2) is 6.14. The molecule has 0 bridgehead atoms. The number of esters is 1. The lowest BCUT2D eigenvalue weighted by atomic mass is 9.84. The first kappa shape index (κ1) is 18.3. The van der Waals surface area contributed by atoms with E-state index in [1.807, 2.05) is 4.98 Å². The Morgan fingerprint density at radius 1 is 1.50 bits per heavy atom. The summed E-state index contributed by atoms with van der Waals surface area (Å²) in [6.07, 6.45) is -1.58.